The standard InChI is InChI=1S/C23H21N3O5S2/c1-30-18-9-7-17(8-10-18)26-33(28,29)19-11-12-21-20(13-19)25-23(31-21)32-15-22(27)24-14-16-5-3-2-4-6-16/h2-13,26H,14-15H2,1H3,(H,24,27). The van der Waals surface area contributed by atoms with Crippen molar-refractivity contribution in [2.24, 2.45) is 0 Å². The molecule has 33 heavy (non-hydrogen) atoms. The Morgan fingerprint density at radius 1 is 1.06 bits per heavy atom. The van der Waals surface area contributed by atoms with Gasteiger partial charge in [0.1, 0.15) is 11.3 Å². The Bertz CT molecular complexity index is 1350. The lowest BCUT2D eigenvalue weighted by atomic mass is 10.2. The van der Waals surface area contributed by atoms with Crippen LogP contribution in [0.15, 0.2) is 87.3 Å². The molecule has 0 unspecified atom stereocenters. The molecule has 4 aromatic rings. The Morgan fingerprint density at radius 3 is 2.55 bits per heavy atom. The summed E-state index contributed by atoms with van der Waals surface area (Å²) in [7, 11) is -2.28. The summed E-state index contributed by atoms with van der Waals surface area (Å²) < 4.78 is 38.7. The number of anilines is 1. The van der Waals surface area contributed by atoms with E-state index in [-0.39, 0.29) is 21.8 Å². The Hall–Kier alpha value is -3.50. The number of sulfonamides is 1. The number of aromatic nitrogens is 1. The molecule has 1 heterocycles. The maximum atomic E-state index is 12.8. The first kappa shape index (κ1) is 22.7. The number of amides is 1. The van der Waals surface area contributed by atoms with Crippen molar-refractivity contribution in [2.75, 3.05) is 17.6 Å². The summed E-state index contributed by atoms with van der Waals surface area (Å²) in [5.41, 5.74) is 2.24. The van der Waals surface area contributed by atoms with Crippen molar-refractivity contribution in [3.63, 3.8) is 0 Å². The lowest BCUT2D eigenvalue weighted by Gasteiger charge is -2.08. The largest absolute Gasteiger partial charge is 0.497 e. The van der Waals surface area contributed by atoms with Gasteiger partial charge in [-0.1, -0.05) is 42.1 Å². The van der Waals surface area contributed by atoms with Gasteiger partial charge in [0.05, 0.1) is 17.8 Å². The normalized spacial score (nSPS) is 11.3. The summed E-state index contributed by atoms with van der Waals surface area (Å²) in [6.45, 7) is 0.441. The summed E-state index contributed by atoms with van der Waals surface area (Å²) in [4.78, 5) is 16.5. The highest BCUT2D eigenvalue weighted by molar-refractivity contribution is 7.99. The molecule has 170 valence electrons. The summed E-state index contributed by atoms with van der Waals surface area (Å²) in [5.74, 6) is 0.600. The fraction of sp³-hybridized carbons (Fsp3) is 0.130. The van der Waals surface area contributed by atoms with Crippen molar-refractivity contribution in [3.8, 4) is 5.75 Å². The van der Waals surface area contributed by atoms with Crippen molar-refractivity contribution in [2.45, 2.75) is 16.7 Å². The van der Waals surface area contributed by atoms with Gasteiger partial charge in [-0.05, 0) is 48.0 Å². The Labute approximate surface area is 195 Å². The fourth-order valence-electron chi connectivity index (χ4n) is 2.96. The van der Waals surface area contributed by atoms with E-state index in [2.05, 4.69) is 15.0 Å². The predicted octanol–water partition coefficient (Wildman–Crippen LogP) is 4.05. The maximum Gasteiger partial charge on any atom is 0.261 e. The average Bonchev–Trinajstić information content (AvgIpc) is 3.25. The van der Waals surface area contributed by atoms with E-state index in [0.717, 1.165) is 17.3 Å². The minimum atomic E-state index is -3.82. The number of oxazole rings is 1. The molecule has 2 N–H and O–H groups in total. The van der Waals surface area contributed by atoms with Gasteiger partial charge in [-0.15, -0.1) is 0 Å². The lowest BCUT2D eigenvalue weighted by molar-refractivity contribution is -0.118. The zero-order valence-corrected chi connectivity index (χ0v) is 19.3. The molecule has 0 aliphatic heterocycles. The van der Waals surface area contributed by atoms with Gasteiger partial charge in [-0.2, -0.15) is 0 Å². The average molecular weight is 484 g/mol. The molecule has 0 bridgehead atoms. The van der Waals surface area contributed by atoms with Crippen LogP contribution in [0, 0.1) is 0 Å². The molecule has 0 radical (unpaired) electrons. The smallest absolute Gasteiger partial charge is 0.261 e. The molecule has 1 amide bonds. The first-order valence-electron chi connectivity index (χ1n) is 9.94. The van der Waals surface area contributed by atoms with Gasteiger partial charge < -0.3 is 14.5 Å². The van der Waals surface area contributed by atoms with Gasteiger partial charge in [0, 0.05) is 12.2 Å². The number of carbonyl (C=O) groups is 1. The van der Waals surface area contributed by atoms with E-state index >= 15 is 0 Å². The Balaban J connectivity index is 1.39. The van der Waals surface area contributed by atoms with Gasteiger partial charge in [0.15, 0.2) is 5.58 Å². The number of hydrogen-bond donors (Lipinski definition) is 2. The highest BCUT2D eigenvalue weighted by Gasteiger charge is 2.17. The van der Waals surface area contributed by atoms with Crippen LogP contribution in [0.2, 0.25) is 0 Å². The number of rotatable bonds is 9. The fourth-order valence-corrected chi connectivity index (χ4v) is 4.71. The van der Waals surface area contributed by atoms with Crippen LogP contribution in [0.1, 0.15) is 5.56 Å². The molecule has 10 heteroatoms. The van der Waals surface area contributed by atoms with E-state index in [9.17, 15) is 13.2 Å². The zero-order chi connectivity index (χ0) is 23.3. The van der Waals surface area contributed by atoms with Crippen LogP contribution in [0.5, 0.6) is 5.75 Å². The second-order valence-electron chi connectivity index (χ2n) is 6.99. The van der Waals surface area contributed by atoms with Gasteiger partial charge >= 0.3 is 0 Å². The third-order valence-electron chi connectivity index (χ3n) is 4.65. The number of carbonyl (C=O) groups excluding carboxylic acids is 1. The molecule has 4 rings (SSSR count). The molecular weight excluding hydrogens is 462 g/mol. The number of ether oxygens (including phenoxy) is 1. The zero-order valence-electron chi connectivity index (χ0n) is 17.6. The molecule has 0 saturated carbocycles. The molecule has 8 nitrogen and oxygen atoms in total. The second-order valence-corrected chi connectivity index (χ2v) is 9.60. The third kappa shape index (κ3) is 5.85. The molecule has 0 aliphatic rings. The summed E-state index contributed by atoms with van der Waals surface area (Å²) in [6.07, 6.45) is 0. The van der Waals surface area contributed by atoms with E-state index in [1.165, 1.54) is 19.2 Å². The quantitative estimate of drug-likeness (QED) is 0.346. The summed E-state index contributed by atoms with van der Waals surface area (Å²) >= 11 is 1.14. The highest BCUT2D eigenvalue weighted by Crippen LogP contribution is 2.26. The summed E-state index contributed by atoms with van der Waals surface area (Å²) in [5, 5.41) is 3.13. The van der Waals surface area contributed by atoms with Crippen molar-refractivity contribution in [3.05, 3.63) is 78.4 Å². The van der Waals surface area contributed by atoms with Crippen LogP contribution < -0.4 is 14.8 Å². The van der Waals surface area contributed by atoms with Crippen molar-refractivity contribution >= 4 is 44.5 Å². The number of nitrogens with zero attached hydrogens (tertiary/aromatic N) is 1. The Kier molecular flexibility index (Phi) is 6.85. The summed E-state index contributed by atoms with van der Waals surface area (Å²) in [6, 6.07) is 20.6. The molecule has 0 saturated heterocycles. The second kappa shape index (κ2) is 9.97. The predicted molar refractivity (Wildman–Crippen MR) is 127 cm³/mol. The van der Waals surface area contributed by atoms with Crippen LogP contribution in [-0.4, -0.2) is 32.2 Å². The number of thioether (sulfide) groups is 1. The van der Waals surface area contributed by atoms with Crippen LogP contribution in [0.3, 0.4) is 0 Å². The topological polar surface area (TPSA) is 111 Å². The molecule has 0 aliphatic carbocycles. The molecule has 0 atom stereocenters. The van der Waals surface area contributed by atoms with Crippen LogP contribution in [0.4, 0.5) is 5.69 Å². The van der Waals surface area contributed by atoms with Crippen molar-refractivity contribution < 1.29 is 22.4 Å². The van der Waals surface area contributed by atoms with E-state index < -0.39 is 10.0 Å². The van der Waals surface area contributed by atoms with Crippen LogP contribution >= 0.6 is 11.8 Å². The van der Waals surface area contributed by atoms with Crippen LogP contribution in [-0.2, 0) is 21.4 Å². The molecular formula is C23H21N3O5S2. The van der Waals surface area contributed by atoms with Crippen LogP contribution in [0.25, 0.3) is 11.1 Å². The van der Waals surface area contributed by atoms with E-state index in [0.29, 0.717) is 29.1 Å². The lowest BCUT2D eigenvalue weighted by Crippen LogP contribution is -2.24. The van der Waals surface area contributed by atoms with E-state index in [4.69, 9.17) is 9.15 Å². The minimum absolute atomic E-state index is 0.0521. The van der Waals surface area contributed by atoms with E-state index in [1.54, 1.807) is 30.3 Å². The van der Waals surface area contributed by atoms with Gasteiger partial charge in [0.2, 0.25) is 5.91 Å². The number of methoxy groups -OCH3 is 1. The molecule has 1 aromatic heterocycles. The molecule has 3 aromatic carbocycles. The monoisotopic (exact) mass is 483 g/mol. The van der Waals surface area contributed by atoms with Gasteiger partial charge in [0.25, 0.3) is 15.2 Å². The molecule has 0 spiro atoms. The number of hydrogen-bond acceptors (Lipinski definition) is 7. The first-order valence-corrected chi connectivity index (χ1v) is 12.4. The number of benzene rings is 3. The van der Waals surface area contributed by atoms with Gasteiger partial charge in [-0.25, -0.2) is 13.4 Å². The third-order valence-corrected chi connectivity index (χ3v) is 6.86. The SMILES string of the molecule is COc1ccc(NS(=O)(=O)c2ccc3oc(SCC(=O)NCc4ccccc4)nc3c2)cc1. The van der Waals surface area contributed by atoms with Gasteiger partial charge in [-0.3, -0.25) is 9.52 Å². The number of fused-ring (bicyclic) bond motifs is 1. The Morgan fingerprint density at radius 2 is 1.82 bits per heavy atom. The van der Waals surface area contributed by atoms with Crippen molar-refractivity contribution in [1.29, 1.82) is 0 Å². The van der Waals surface area contributed by atoms with Crippen molar-refractivity contribution in [1.82, 2.24) is 10.3 Å². The highest BCUT2D eigenvalue weighted by atomic mass is 32.2. The van der Waals surface area contributed by atoms with E-state index in [1.807, 2.05) is 30.3 Å². The maximum absolute atomic E-state index is 12.8. The number of nitrogens with one attached hydrogen (secondary N) is 2. The first-order chi connectivity index (χ1) is 15.9. The molecule has 0 fully saturated rings. The minimum Gasteiger partial charge on any atom is -0.497 e.